The van der Waals surface area contributed by atoms with E-state index in [0.29, 0.717) is 5.69 Å². The molecule has 18 heteroatoms. The summed E-state index contributed by atoms with van der Waals surface area (Å²) in [4.78, 5) is 33.9. The molecule has 1 aromatic carbocycles. The van der Waals surface area contributed by atoms with E-state index in [0.717, 1.165) is 22.7 Å². The van der Waals surface area contributed by atoms with Crippen LogP contribution in [0.1, 0.15) is 7.12 Å². The van der Waals surface area contributed by atoms with E-state index in [1.165, 1.54) is 6.20 Å². The smallest absolute Gasteiger partial charge is 1.00 e. The van der Waals surface area contributed by atoms with Crippen molar-refractivity contribution in [1.82, 2.24) is 24.9 Å². The van der Waals surface area contributed by atoms with Gasteiger partial charge >= 0.3 is 64.9 Å². The van der Waals surface area contributed by atoms with E-state index < -0.39 is 58.9 Å². The van der Waals surface area contributed by atoms with Crippen LogP contribution in [0.5, 0.6) is 0 Å². The summed E-state index contributed by atoms with van der Waals surface area (Å²) < 4.78 is 64.4. The minimum absolute atomic E-state index is 0. The van der Waals surface area contributed by atoms with Crippen molar-refractivity contribution in [3.8, 4) is 0 Å². The van der Waals surface area contributed by atoms with Crippen LogP contribution < -0.4 is 61.4 Å². The van der Waals surface area contributed by atoms with Gasteiger partial charge in [-0.2, -0.15) is 13.4 Å². The first-order valence-corrected chi connectivity index (χ1v) is 11.7. The summed E-state index contributed by atoms with van der Waals surface area (Å²) in [6.45, 7) is 1.26. The van der Waals surface area contributed by atoms with Crippen LogP contribution >= 0.6 is 7.60 Å². The van der Waals surface area contributed by atoms with Gasteiger partial charge < -0.3 is 16.3 Å². The number of anilines is 1. The molecule has 0 saturated carbocycles. The fraction of sp³-hybridized carbons (Fsp3) is 0.200. The molecule has 0 aliphatic heterocycles. The molecule has 0 unspecified atom stereocenters. The Morgan fingerprint density at radius 2 is 1.82 bits per heavy atom. The Balaban J connectivity index is 0.000000784. The number of carboxylic acid groups (broad SMARTS) is 1. The Kier molecular flexibility index (Phi) is 11.1. The van der Waals surface area contributed by atoms with Crippen LogP contribution in [-0.2, 0) is 19.4 Å². The molecule has 0 saturated heterocycles. The van der Waals surface area contributed by atoms with Crippen LogP contribution in [-0.4, -0.2) is 61.7 Å². The normalized spacial score (nSPS) is 11.3. The minimum atomic E-state index is -4.35. The number of hydrogen-bond donors (Lipinski definition) is 5. The molecule has 0 radical (unpaired) electrons. The van der Waals surface area contributed by atoms with Crippen LogP contribution in [0.3, 0.4) is 0 Å². The van der Waals surface area contributed by atoms with Crippen molar-refractivity contribution in [2.24, 2.45) is 0 Å². The first-order valence-electron chi connectivity index (χ1n) is 8.42. The average molecular weight is 534 g/mol. The van der Waals surface area contributed by atoms with Gasteiger partial charge in [-0.1, -0.05) is 6.07 Å². The van der Waals surface area contributed by atoms with Gasteiger partial charge in [0.1, 0.15) is 17.3 Å². The number of aromatic nitrogens is 4. The van der Waals surface area contributed by atoms with Gasteiger partial charge in [0.2, 0.25) is 0 Å². The number of fused-ring (bicyclic) bond motifs is 1. The molecule has 0 aliphatic rings. The van der Waals surface area contributed by atoms with E-state index in [1.54, 1.807) is 17.7 Å². The van der Waals surface area contributed by atoms with E-state index in [1.807, 2.05) is 0 Å². The molecule has 0 aliphatic carbocycles. The summed E-state index contributed by atoms with van der Waals surface area (Å²) in [5.41, 5.74) is -0.164. The van der Waals surface area contributed by atoms with Crippen molar-refractivity contribution in [2.75, 3.05) is 17.6 Å². The number of carbonyl (C=O) groups is 1. The molecule has 33 heavy (non-hydrogen) atoms. The standard InChI is InChI=1S/C12H9F2N5O2S.C3H8NO5P.K.H/c1-7-5-6-19-11(15-7)16-12(17-19)22(20,21)18-10-8(13)3-2-4-9(10)14;5-3(6)1-4-2-10(7,8)9;;/h2-6,18H,1H3;4H,1-2H2,(H,5,6)(H2,7,8,9);;/q;;+1;-1. The number of nitrogens with one attached hydrogen (secondary N) is 2. The number of benzene rings is 1. The maximum atomic E-state index is 13.5. The summed E-state index contributed by atoms with van der Waals surface area (Å²) in [7, 11) is -8.44. The van der Waals surface area contributed by atoms with Gasteiger partial charge in [0, 0.05) is 11.9 Å². The van der Waals surface area contributed by atoms with E-state index in [4.69, 9.17) is 14.9 Å². The molecule has 2 aromatic heterocycles. The van der Waals surface area contributed by atoms with Crippen molar-refractivity contribution in [3.63, 3.8) is 0 Å². The summed E-state index contributed by atoms with van der Waals surface area (Å²) in [5.74, 6) is -3.16. The zero-order chi connectivity index (χ0) is 24.1. The van der Waals surface area contributed by atoms with Crippen LogP contribution in [0.15, 0.2) is 35.6 Å². The summed E-state index contributed by atoms with van der Waals surface area (Å²) >= 11 is 0. The number of aliphatic carboxylic acids is 1. The van der Waals surface area contributed by atoms with Crippen molar-refractivity contribution >= 4 is 35.1 Å². The van der Waals surface area contributed by atoms with Crippen molar-refractivity contribution in [3.05, 3.63) is 47.8 Å². The molecular weight excluding hydrogens is 516 g/mol. The largest absolute Gasteiger partial charge is 1.00 e. The third kappa shape index (κ3) is 9.40. The maximum absolute atomic E-state index is 13.5. The fourth-order valence-corrected chi connectivity index (χ4v) is 3.40. The Morgan fingerprint density at radius 1 is 1.21 bits per heavy atom. The number of aryl methyl sites for hydroxylation is 1. The van der Waals surface area contributed by atoms with E-state index in [-0.39, 0.29) is 58.6 Å². The molecule has 176 valence electrons. The first kappa shape index (κ1) is 29.6. The van der Waals surface area contributed by atoms with Crippen LogP contribution in [0.25, 0.3) is 5.78 Å². The number of rotatable bonds is 7. The number of carboxylic acids is 1. The van der Waals surface area contributed by atoms with E-state index in [2.05, 4.69) is 20.4 Å². The SMILES string of the molecule is Cc1ccn2nc(S(=O)(=O)Nc3c(F)cccc3F)nc2n1.O=C(O)CNCP(=O)(O)O.[H-].[K+]. The molecule has 0 fully saturated rings. The van der Waals surface area contributed by atoms with Crippen molar-refractivity contribution in [2.45, 2.75) is 12.1 Å². The van der Waals surface area contributed by atoms with Gasteiger partial charge in [0.25, 0.3) is 21.0 Å². The predicted molar refractivity (Wildman–Crippen MR) is 106 cm³/mol. The Bertz CT molecular complexity index is 1270. The number of sulfonamides is 1. The van der Waals surface area contributed by atoms with Crippen molar-refractivity contribution < 1.29 is 94.3 Å². The van der Waals surface area contributed by atoms with Crippen LogP contribution in [0, 0.1) is 18.6 Å². The Labute approximate surface area is 229 Å². The quantitative estimate of drug-likeness (QED) is 0.158. The van der Waals surface area contributed by atoms with E-state index >= 15 is 0 Å². The van der Waals surface area contributed by atoms with Gasteiger partial charge in [-0.25, -0.2) is 18.3 Å². The molecule has 3 aromatic rings. The molecule has 5 N–H and O–H groups in total. The third-order valence-electron chi connectivity index (χ3n) is 3.36. The zero-order valence-corrected chi connectivity index (χ0v) is 22.0. The van der Waals surface area contributed by atoms with Gasteiger partial charge in [0.15, 0.2) is 0 Å². The molecular formula is C15H18F2KN6O7PS. The fourth-order valence-electron chi connectivity index (χ4n) is 2.04. The minimum Gasteiger partial charge on any atom is -1.00 e. The van der Waals surface area contributed by atoms with Crippen LogP contribution in [0.4, 0.5) is 14.5 Å². The van der Waals surface area contributed by atoms with Gasteiger partial charge in [-0.05, 0) is 25.1 Å². The maximum Gasteiger partial charge on any atom is 1.00 e. The number of hydrogen-bond acceptors (Lipinski definition) is 8. The van der Waals surface area contributed by atoms with E-state index in [9.17, 15) is 26.6 Å². The monoisotopic (exact) mass is 534 g/mol. The van der Waals surface area contributed by atoms with Gasteiger partial charge in [0.05, 0.1) is 12.8 Å². The summed E-state index contributed by atoms with van der Waals surface area (Å²) in [6, 6.07) is 4.60. The predicted octanol–water partition coefficient (Wildman–Crippen LogP) is -2.58. The second-order valence-corrected chi connectivity index (χ2v) is 9.28. The Hall–Kier alpha value is -1.40. The second kappa shape index (κ2) is 12.3. The van der Waals surface area contributed by atoms with Crippen molar-refractivity contribution in [1.29, 1.82) is 0 Å². The average Bonchev–Trinajstić information content (AvgIpc) is 3.08. The first-order chi connectivity index (χ1) is 14.8. The van der Waals surface area contributed by atoms with Crippen LogP contribution in [0.2, 0.25) is 0 Å². The molecule has 0 bridgehead atoms. The van der Waals surface area contributed by atoms with Gasteiger partial charge in [-0.15, -0.1) is 5.10 Å². The molecule has 0 amide bonds. The molecule has 0 spiro atoms. The van der Waals surface area contributed by atoms with Gasteiger partial charge in [-0.3, -0.25) is 19.4 Å². The summed E-state index contributed by atoms with van der Waals surface area (Å²) in [5, 5.41) is 13.2. The Morgan fingerprint density at radius 3 is 2.36 bits per heavy atom. The molecule has 0 atom stereocenters. The number of para-hydroxylation sites is 1. The third-order valence-corrected chi connectivity index (χ3v) is 5.12. The molecule has 13 nitrogen and oxygen atoms in total. The second-order valence-electron chi connectivity index (χ2n) is 6.05. The molecule has 3 rings (SSSR count). The number of halogens is 2. The molecule has 2 heterocycles. The topological polar surface area (TPSA) is 196 Å². The summed E-state index contributed by atoms with van der Waals surface area (Å²) in [6.07, 6.45) is 0.882. The zero-order valence-electron chi connectivity index (χ0n) is 18.2. The number of nitrogens with zero attached hydrogens (tertiary/aromatic N) is 4.